The molecule has 3 aliphatic rings. The predicted molar refractivity (Wildman–Crippen MR) is 118 cm³/mol. The zero-order chi connectivity index (χ0) is 24.1. The first-order valence-electron chi connectivity index (χ1n) is 11.6. The summed E-state index contributed by atoms with van der Waals surface area (Å²) >= 11 is 0. The van der Waals surface area contributed by atoms with Gasteiger partial charge in [-0.1, -0.05) is 13.0 Å². The Hall–Kier alpha value is -1.93. The van der Waals surface area contributed by atoms with Crippen molar-refractivity contribution in [2.75, 3.05) is 26.3 Å². The highest BCUT2D eigenvalue weighted by Crippen LogP contribution is 2.65. The highest BCUT2D eigenvalue weighted by Gasteiger charge is 2.80. The number of hydrogen-bond acceptors (Lipinski definition) is 6. The van der Waals surface area contributed by atoms with Crippen molar-refractivity contribution in [1.29, 1.82) is 0 Å². The molecule has 8 heteroatoms. The van der Waals surface area contributed by atoms with Crippen LogP contribution in [-0.2, 0) is 23.9 Å². The molecule has 180 valence electrons. The van der Waals surface area contributed by atoms with E-state index >= 15 is 0 Å². The largest absolute Gasteiger partial charge is 0.466 e. The second-order valence-electron chi connectivity index (χ2n) is 10.5. The fourth-order valence-electron chi connectivity index (χ4n) is 6.06. The summed E-state index contributed by atoms with van der Waals surface area (Å²) in [4.78, 5) is 44.1. The second kappa shape index (κ2) is 8.45. The monoisotopic (exact) mass is 450 g/mol. The number of carbonyl (C=O) groups is 3. The normalized spacial score (nSPS) is 35.7. The van der Waals surface area contributed by atoms with E-state index in [1.54, 1.807) is 17.9 Å². The van der Waals surface area contributed by atoms with Gasteiger partial charge in [-0.25, -0.2) is 0 Å². The lowest BCUT2D eigenvalue weighted by atomic mass is 9.62. The van der Waals surface area contributed by atoms with Gasteiger partial charge >= 0.3 is 5.97 Å². The third kappa shape index (κ3) is 3.46. The van der Waals surface area contributed by atoms with Crippen molar-refractivity contribution in [1.82, 2.24) is 9.80 Å². The average Bonchev–Trinajstić information content (AvgIpc) is 3.20. The first kappa shape index (κ1) is 24.7. The smallest absolute Gasteiger partial charge is 0.312 e. The Morgan fingerprint density at radius 1 is 1.41 bits per heavy atom. The lowest BCUT2D eigenvalue weighted by Crippen LogP contribution is -2.60. The molecule has 2 amide bonds. The number of aliphatic hydroxyl groups excluding tert-OH is 1. The Balaban J connectivity index is 2.13. The summed E-state index contributed by atoms with van der Waals surface area (Å²) in [6, 6.07) is -0.866. The van der Waals surface area contributed by atoms with Crippen LogP contribution in [0.15, 0.2) is 12.7 Å². The Bertz CT molecular complexity index is 792. The molecule has 3 unspecified atom stereocenters. The van der Waals surface area contributed by atoms with Gasteiger partial charge in [-0.15, -0.1) is 6.58 Å². The molecular formula is C24H38N2O6. The summed E-state index contributed by atoms with van der Waals surface area (Å²) in [6.45, 7) is 15.9. The minimum absolute atomic E-state index is 0.0310. The molecular weight excluding hydrogens is 412 g/mol. The summed E-state index contributed by atoms with van der Waals surface area (Å²) < 4.78 is 12.0. The topological polar surface area (TPSA) is 96.4 Å². The van der Waals surface area contributed by atoms with E-state index in [0.29, 0.717) is 19.4 Å². The second-order valence-corrected chi connectivity index (χ2v) is 10.5. The summed E-state index contributed by atoms with van der Waals surface area (Å²) in [5.41, 5.74) is -2.47. The van der Waals surface area contributed by atoms with E-state index in [-0.39, 0.29) is 37.5 Å². The van der Waals surface area contributed by atoms with Gasteiger partial charge in [0.2, 0.25) is 11.8 Å². The van der Waals surface area contributed by atoms with Gasteiger partial charge in [0.25, 0.3) is 0 Å². The molecule has 3 aliphatic heterocycles. The number of carbonyl (C=O) groups excluding carboxylic acids is 3. The number of amides is 2. The molecule has 0 aromatic heterocycles. The van der Waals surface area contributed by atoms with Crippen LogP contribution in [0, 0.1) is 17.8 Å². The summed E-state index contributed by atoms with van der Waals surface area (Å²) in [5, 5.41) is 9.43. The summed E-state index contributed by atoms with van der Waals surface area (Å²) in [5.74, 6) is -2.51. The number of fused-ring (bicyclic) bond motifs is 1. The van der Waals surface area contributed by atoms with Crippen molar-refractivity contribution < 1.29 is 29.0 Å². The average molecular weight is 451 g/mol. The molecule has 8 nitrogen and oxygen atoms in total. The van der Waals surface area contributed by atoms with Gasteiger partial charge in [0.1, 0.15) is 17.6 Å². The van der Waals surface area contributed by atoms with Crippen molar-refractivity contribution >= 4 is 17.8 Å². The molecule has 32 heavy (non-hydrogen) atoms. The van der Waals surface area contributed by atoms with E-state index in [4.69, 9.17) is 9.47 Å². The maximum absolute atomic E-state index is 14.1. The molecule has 0 aromatic carbocycles. The first-order chi connectivity index (χ1) is 14.9. The number of likely N-dealkylation sites (tertiary alicyclic amines) is 1. The lowest BCUT2D eigenvalue weighted by Gasteiger charge is -2.42. The summed E-state index contributed by atoms with van der Waals surface area (Å²) in [6.07, 6.45) is 2.52. The zero-order valence-corrected chi connectivity index (χ0v) is 20.2. The molecule has 0 saturated carbocycles. The number of hydrogen-bond donors (Lipinski definition) is 1. The van der Waals surface area contributed by atoms with E-state index in [1.807, 2.05) is 34.6 Å². The molecule has 1 spiro atoms. The molecule has 6 atom stereocenters. The Morgan fingerprint density at radius 3 is 2.59 bits per heavy atom. The molecule has 3 fully saturated rings. The van der Waals surface area contributed by atoms with E-state index in [9.17, 15) is 19.5 Å². The molecule has 0 radical (unpaired) electrons. The van der Waals surface area contributed by atoms with Crippen molar-refractivity contribution in [2.45, 2.75) is 77.2 Å². The van der Waals surface area contributed by atoms with Crippen LogP contribution in [-0.4, -0.2) is 81.8 Å². The molecule has 1 N–H and O–H groups in total. The standard InChI is InChI=1S/C24H38N2O6/c1-8-11-26(22(4,5)6)20(29)18-24-14-15(3)23(7,32-24)17(21(30)31-9-2)16(24)19(28)25(18)12-10-13-27/h8,15-18,27H,1,9-14H2,2-7H3/t15?,16-,17-,18?,23+,24?/m0/s1. The molecule has 0 aromatic rings. The van der Waals surface area contributed by atoms with Gasteiger partial charge in [0.15, 0.2) is 0 Å². The van der Waals surface area contributed by atoms with Crippen molar-refractivity contribution in [3.63, 3.8) is 0 Å². The van der Waals surface area contributed by atoms with Gasteiger partial charge in [-0.2, -0.15) is 0 Å². The van der Waals surface area contributed by atoms with E-state index in [1.165, 1.54) is 4.90 Å². The van der Waals surface area contributed by atoms with Crippen LogP contribution >= 0.6 is 0 Å². The Labute approximate surface area is 190 Å². The van der Waals surface area contributed by atoms with Gasteiger partial charge in [0, 0.05) is 25.2 Å². The van der Waals surface area contributed by atoms with Crippen molar-refractivity contribution in [3.8, 4) is 0 Å². The molecule has 0 aliphatic carbocycles. The maximum Gasteiger partial charge on any atom is 0.312 e. The van der Waals surface area contributed by atoms with E-state index in [2.05, 4.69) is 6.58 Å². The fraction of sp³-hybridized carbons (Fsp3) is 0.792. The van der Waals surface area contributed by atoms with Crippen LogP contribution in [0.25, 0.3) is 0 Å². The molecule has 2 bridgehead atoms. The van der Waals surface area contributed by atoms with Gasteiger partial charge in [-0.3, -0.25) is 14.4 Å². The molecule has 3 saturated heterocycles. The fourth-order valence-corrected chi connectivity index (χ4v) is 6.06. The maximum atomic E-state index is 14.1. The number of ether oxygens (including phenoxy) is 2. The SMILES string of the molecule is C=CCN(C(=O)C1N(CCCO)C(=O)[C@@H]2[C@@H](C(=O)OCC)[C@]3(C)OC12CC3C)C(C)(C)C. The van der Waals surface area contributed by atoms with Crippen molar-refractivity contribution in [2.24, 2.45) is 17.8 Å². The lowest BCUT2D eigenvalue weighted by molar-refractivity contribution is -0.162. The van der Waals surface area contributed by atoms with E-state index in [0.717, 1.165) is 0 Å². The third-order valence-electron chi connectivity index (χ3n) is 7.53. The summed E-state index contributed by atoms with van der Waals surface area (Å²) in [7, 11) is 0. The number of nitrogens with zero attached hydrogens (tertiary/aromatic N) is 2. The Kier molecular flexibility index (Phi) is 6.52. The third-order valence-corrected chi connectivity index (χ3v) is 7.53. The Morgan fingerprint density at radius 2 is 2.06 bits per heavy atom. The van der Waals surface area contributed by atoms with E-state index < -0.39 is 40.6 Å². The highest BCUT2D eigenvalue weighted by molar-refractivity contribution is 5.98. The van der Waals surface area contributed by atoms with Crippen LogP contribution in [0.1, 0.15) is 54.4 Å². The highest BCUT2D eigenvalue weighted by atomic mass is 16.6. The first-order valence-corrected chi connectivity index (χ1v) is 11.6. The van der Waals surface area contributed by atoms with Crippen LogP contribution in [0.2, 0.25) is 0 Å². The molecule has 3 heterocycles. The number of esters is 1. The van der Waals surface area contributed by atoms with Crippen LogP contribution in [0.4, 0.5) is 0 Å². The predicted octanol–water partition coefficient (Wildman–Crippen LogP) is 1.76. The quantitative estimate of drug-likeness (QED) is 0.447. The van der Waals surface area contributed by atoms with Crippen LogP contribution in [0.3, 0.4) is 0 Å². The van der Waals surface area contributed by atoms with Gasteiger partial charge in [0.05, 0.1) is 18.1 Å². The zero-order valence-electron chi connectivity index (χ0n) is 20.2. The molecule has 3 rings (SSSR count). The van der Waals surface area contributed by atoms with Gasteiger partial charge < -0.3 is 24.4 Å². The minimum atomic E-state index is -1.10. The van der Waals surface area contributed by atoms with Crippen molar-refractivity contribution in [3.05, 3.63) is 12.7 Å². The van der Waals surface area contributed by atoms with Crippen LogP contribution < -0.4 is 0 Å². The van der Waals surface area contributed by atoms with Crippen LogP contribution in [0.5, 0.6) is 0 Å². The minimum Gasteiger partial charge on any atom is -0.466 e. The number of aliphatic hydroxyl groups is 1. The number of rotatable bonds is 8. The van der Waals surface area contributed by atoms with Gasteiger partial charge in [-0.05, 0) is 53.4 Å².